The van der Waals surface area contributed by atoms with E-state index in [1.54, 1.807) is 25.1 Å². The molecule has 162 valence electrons. The molecule has 0 saturated carbocycles. The summed E-state index contributed by atoms with van der Waals surface area (Å²) in [7, 11) is -0.361. The number of nitrogens with zero attached hydrogens (tertiary/aromatic N) is 2. The Morgan fingerprint density at radius 3 is 2.43 bits per heavy atom. The van der Waals surface area contributed by atoms with E-state index in [1.807, 2.05) is 51.1 Å². The first-order chi connectivity index (χ1) is 14.1. The van der Waals surface area contributed by atoms with Gasteiger partial charge < -0.3 is 9.64 Å². The molecule has 1 aliphatic heterocycles. The predicted octanol–water partition coefficient (Wildman–Crippen LogP) is 3.68. The fourth-order valence-corrected chi connectivity index (χ4v) is 6.22. The SMILES string of the molecule is COc1cccc(N(C)C(=O)[C@H]2CCCN(S(=O)(=O)c3c(C)cc(C)cc3C)C2)c1. The minimum Gasteiger partial charge on any atom is -0.497 e. The van der Waals surface area contributed by atoms with Crippen LogP contribution in [0.2, 0.25) is 0 Å². The molecule has 1 fully saturated rings. The van der Waals surface area contributed by atoms with E-state index in [9.17, 15) is 13.2 Å². The van der Waals surface area contributed by atoms with Gasteiger partial charge in [0.25, 0.3) is 0 Å². The van der Waals surface area contributed by atoms with Gasteiger partial charge in [0.15, 0.2) is 0 Å². The van der Waals surface area contributed by atoms with Crippen LogP contribution in [0.5, 0.6) is 5.75 Å². The molecule has 6 nitrogen and oxygen atoms in total. The highest BCUT2D eigenvalue weighted by Crippen LogP contribution is 2.30. The topological polar surface area (TPSA) is 66.9 Å². The van der Waals surface area contributed by atoms with Crippen molar-refractivity contribution in [3.8, 4) is 5.75 Å². The molecule has 1 atom stereocenters. The Morgan fingerprint density at radius 1 is 1.13 bits per heavy atom. The molecule has 0 unspecified atom stereocenters. The number of anilines is 1. The number of methoxy groups -OCH3 is 1. The van der Waals surface area contributed by atoms with Crippen molar-refractivity contribution < 1.29 is 17.9 Å². The largest absolute Gasteiger partial charge is 0.497 e. The number of benzene rings is 2. The molecule has 1 saturated heterocycles. The van der Waals surface area contributed by atoms with Gasteiger partial charge in [-0.15, -0.1) is 0 Å². The molecule has 0 radical (unpaired) electrons. The van der Waals surface area contributed by atoms with Crippen molar-refractivity contribution in [3.63, 3.8) is 0 Å². The van der Waals surface area contributed by atoms with Gasteiger partial charge in [0.2, 0.25) is 15.9 Å². The van der Waals surface area contributed by atoms with Crippen LogP contribution in [0, 0.1) is 26.7 Å². The molecular formula is C23H30N2O4S. The Balaban J connectivity index is 1.83. The van der Waals surface area contributed by atoms with Crippen LogP contribution in [0.1, 0.15) is 29.5 Å². The first kappa shape index (κ1) is 22.3. The van der Waals surface area contributed by atoms with Crippen molar-refractivity contribution in [3.05, 3.63) is 53.1 Å². The molecular weight excluding hydrogens is 400 g/mol. The molecule has 0 N–H and O–H groups in total. The second-order valence-electron chi connectivity index (χ2n) is 8.03. The van der Waals surface area contributed by atoms with Crippen LogP contribution in [-0.2, 0) is 14.8 Å². The summed E-state index contributed by atoms with van der Waals surface area (Å²) in [6.07, 6.45) is 1.33. The normalized spacial score (nSPS) is 17.6. The van der Waals surface area contributed by atoms with Crippen LogP contribution in [0.3, 0.4) is 0 Å². The summed E-state index contributed by atoms with van der Waals surface area (Å²) in [5.74, 6) is 0.210. The third-order valence-electron chi connectivity index (χ3n) is 5.71. The van der Waals surface area contributed by atoms with E-state index in [0.29, 0.717) is 30.0 Å². The Hall–Kier alpha value is -2.38. The fraction of sp³-hybridized carbons (Fsp3) is 0.435. The van der Waals surface area contributed by atoms with Crippen LogP contribution < -0.4 is 9.64 Å². The highest BCUT2D eigenvalue weighted by Gasteiger charge is 2.36. The van der Waals surface area contributed by atoms with Crippen LogP contribution in [0.25, 0.3) is 0 Å². The van der Waals surface area contributed by atoms with Gasteiger partial charge in [0.05, 0.1) is 17.9 Å². The van der Waals surface area contributed by atoms with E-state index in [0.717, 1.165) is 22.4 Å². The molecule has 0 spiro atoms. The lowest BCUT2D eigenvalue weighted by molar-refractivity contribution is -0.123. The van der Waals surface area contributed by atoms with E-state index >= 15 is 0 Å². The van der Waals surface area contributed by atoms with Crippen molar-refractivity contribution in [2.24, 2.45) is 5.92 Å². The minimum absolute atomic E-state index is 0.0829. The average molecular weight is 431 g/mol. The standard InChI is InChI=1S/C23H30N2O4S/c1-16-12-17(2)22(18(3)13-16)30(27,28)25-11-7-8-19(15-25)23(26)24(4)20-9-6-10-21(14-20)29-5/h6,9-10,12-14,19H,7-8,11,15H2,1-5H3/t19-/m0/s1. The van der Waals surface area contributed by atoms with Crippen molar-refractivity contribution in [1.29, 1.82) is 0 Å². The number of carbonyl (C=O) groups is 1. The molecule has 3 rings (SSSR count). The maximum absolute atomic E-state index is 13.4. The number of carbonyl (C=O) groups excluding carboxylic acids is 1. The molecule has 2 aromatic rings. The Bertz CT molecular complexity index is 1030. The zero-order valence-corrected chi connectivity index (χ0v) is 19.1. The van der Waals surface area contributed by atoms with Crippen LogP contribution in [0.4, 0.5) is 5.69 Å². The predicted molar refractivity (Wildman–Crippen MR) is 119 cm³/mol. The van der Waals surface area contributed by atoms with Gasteiger partial charge in [0.1, 0.15) is 5.75 Å². The van der Waals surface area contributed by atoms with Gasteiger partial charge in [-0.3, -0.25) is 4.79 Å². The number of amides is 1. The van der Waals surface area contributed by atoms with Crippen molar-refractivity contribution in [2.45, 2.75) is 38.5 Å². The summed E-state index contributed by atoms with van der Waals surface area (Å²) in [5.41, 5.74) is 3.25. The van der Waals surface area contributed by atoms with Crippen LogP contribution >= 0.6 is 0 Å². The van der Waals surface area contributed by atoms with Gasteiger partial charge >= 0.3 is 0 Å². The molecule has 0 bridgehead atoms. The van der Waals surface area contributed by atoms with Crippen LogP contribution in [0.15, 0.2) is 41.3 Å². The van der Waals surface area contributed by atoms with Gasteiger partial charge in [-0.1, -0.05) is 23.8 Å². The maximum Gasteiger partial charge on any atom is 0.243 e. The number of hydrogen-bond donors (Lipinski definition) is 0. The van der Waals surface area contributed by atoms with Crippen molar-refractivity contribution in [1.82, 2.24) is 4.31 Å². The zero-order valence-electron chi connectivity index (χ0n) is 18.3. The Labute approximate surface area is 179 Å². The maximum atomic E-state index is 13.4. The summed E-state index contributed by atoms with van der Waals surface area (Å²) < 4.78 is 33.6. The number of ether oxygens (including phenoxy) is 1. The first-order valence-corrected chi connectivity index (χ1v) is 11.6. The van der Waals surface area contributed by atoms with Crippen molar-refractivity contribution >= 4 is 21.6 Å². The van der Waals surface area contributed by atoms with Crippen LogP contribution in [-0.4, -0.2) is 45.9 Å². The lowest BCUT2D eigenvalue weighted by Crippen LogP contribution is -2.46. The number of sulfonamides is 1. The molecule has 30 heavy (non-hydrogen) atoms. The molecule has 0 aliphatic carbocycles. The second-order valence-corrected chi connectivity index (χ2v) is 9.90. The lowest BCUT2D eigenvalue weighted by atomic mass is 9.98. The van der Waals surface area contributed by atoms with E-state index in [2.05, 4.69) is 0 Å². The summed E-state index contributed by atoms with van der Waals surface area (Å²) in [6.45, 7) is 6.25. The number of rotatable bonds is 5. The number of piperidine rings is 1. The van der Waals surface area contributed by atoms with E-state index in [-0.39, 0.29) is 18.4 Å². The molecule has 2 aromatic carbocycles. The molecule has 1 aliphatic rings. The monoisotopic (exact) mass is 430 g/mol. The van der Waals surface area contributed by atoms with E-state index < -0.39 is 10.0 Å². The average Bonchev–Trinajstić information content (AvgIpc) is 2.71. The Kier molecular flexibility index (Phi) is 6.53. The Morgan fingerprint density at radius 2 is 1.80 bits per heavy atom. The number of hydrogen-bond acceptors (Lipinski definition) is 4. The van der Waals surface area contributed by atoms with Gasteiger partial charge in [-0.25, -0.2) is 8.42 Å². The molecule has 1 amide bonds. The van der Waals surface area contributed by atoms with Gasteiger partial charge in [-0.05, 0) is 56.9 Å². The summed E-state index contributed by atoms with van der Waals surface area (Å²) in [6, 6.07) is 11.1. The first-order valence-electron chi connectivity index (χ1n) is 10.1. The molecule has 7 heteroatoms. The summed E-state index contributed by atoms with van der Waals surface area (Å²) in [4.78, 5) is 15.1. The zero-order chi connectivity index (χ0) is 22.1. The second kappa shape index (κ2) is 8.78. The minimum atomic E-state index is -3.66. The smallest absolute Gasteiger partial charge is 0.243 e. The van der Waals surface area contributed by atoms with E-state index in [4.69, 9.17) is 4.74 Å². The van der Waals surface area contributed by atoms with Gasteiger partial charge in [0, 0.05) is 31.9 Å². The summed E-state index contributed by atoms with van der Waals surface area (Å²) >= 11 is 0. The highest BCUT2D eigenvalue weighted by molar-refractivity contribution is 7.89. The molecule has 1 heterocycles. The van der Waals surface area contributed by atoms with Gasteiger partial charge in [-0.2, -0.15) is 4.31 Å². The fourth-order valence-electron chi connectivity index (χ4n) is 4.29. The third-order valence-corrected chi connectivity index (χ3v) is 7.88. The lowest BCUT2D eigenvalue weighted by Gasteiger charge is -2.34. The highest BCUT2D eigenvalue weighted by atomic mass is 32.2. The summed E-state index contributed by atoms with van der Waals surface area (Å²) in [5, 5.41) is 0. The van der Waals surface area contributed by atoms with Crippen molar-refractivity contribution in [2.75, 3.05) is 32.1 Å². The quantitative estimate of drug-likeness (QED) is 0.726. The third kappa shape index (κ3) is 4.37. The number of aryl methyl sites for hydroxylation is 3. The molecule has 0 aromatic heterocycles. The van der Waals surface area contributed by atoms with E-state index in [1.165, 1.54) is 4.31 Å².